The molecule has 16 heavy (non-hydrogen) atoms. The lowest BCUT2D eigenvalue weighted by Gasteiger charge is -2.27. The first-order valence-electron chi connectivity index (χ1n) is 6.01. The Morgan fingerprint density at radius 1 is 1.12 bits per heavy atom. The fraction of sp³-hybridized carbons (Fsp3) is 0.538. The molecule has 1 aliphatic rings. The largest absolute Gasteiger partial charge is 0.0856 e. The lowest BCUT2D eigenvalue weighted by Crippen LogP contribution is -2.14. The van der Waals surface area contributed by atoms with Crippen molar-refractivity contribution >= 4 is 0 Å². The summed E-state index contributed by atoms with van der Waals surface area (Å²) in [5.41, 5.74) is 9.85. The van der Waals surface area contributed by atoms with E-state index < -0.39 is 0 Å². The van der Waals surface area contributed by atoms with Crippen molar-refractivity contribution in [2.45, 2.75) is 38.1 Å². The number of azide groups is 1. The Morgan fingerprint density at radius 3 is 2.44 bits per heavy atom. The fourth-order valence-electron chi connectivity index (χ4n) is 2.59. The molecule has 0 saturated heterocycles. The zero-order valence-corrected chi connectivity index (χ0v) is 9.42. The molecule has 1 atom stereocenters. The van der Waals surface area contributed by atoms with E-state index in [1.165, 1.54) is 32.1 Å². The first-order chi connectivity index (χ1) is 7.92. The monoisotopic (exact) mass is 215 g/mol. The van der Waals surface area contributed by atoms with Gasteiger partial charge in [-0.05, 0) is 29.9 Å². The van der Waals surface area contributed by atoms with Crippen molar-refractivity contribution in [1.82, 2.24) is 0 Å². The van der Waals surface area contributed by atoms with Gasteiger partial charge < -0.3 is 0 Å². The number of hydrogen-bond donors (Lipinski definition) is 0. The average Bonchev–Trinajstić information content (AvgIpc) is 2.38. The maximum Gasteiger partial charge on any atom is 0.0653 e. The van der Waals surface area contributed by atoms with Crippen molar-refractivity contribution in [3.63, 3.8) is 0 Å². The highest BCUT2D eigenvalue weighted by Crippen LogP contribution is 2.36. The third-order valence-corrected chi connectivity index (χ3v) is 3.41. The molecule has 0 aliphatic heterocycles. The molecule has 1 unspecified atom stereocenters. The van der Waals surface area contributed by atoms with Crippen molar-refractivity contribution in [2.75, 3.05) is 0 Å². The molecule has 1 aromatic rings. The highest BCUT2D eigenvalue weighted by atomic mass is 15.1. The third-order valence-electron chi connectivity index (χ3n) is 3.41. The fourth-order valence-corrected chi connectivity index (χ4v) is 2.59. The van der Waals surface area contributed by atoms with Gasteiger partial charge in [0.1, 0.15) is 0 Å². The van der Waals surface area contributed by atoms with Crippen molar-refractivity contribution in [3.05, 3.63) is 46.3 Å². The smallest absolute Gasteiger partial charge is 0.0653 e. The molecular weight excluding hydrogens is 198 g/mol. The molecule has 1 aliphatic carbocycles. The Balaban J connectivity index is 2.19. The number of benzene rings is 1. The van der Waals surface area contributed by atoms with Gasteiger partial charge in [-0.15, -0.1) is 0 Å². The van der Waals surface area contributed by atoms with Gasteiger partial charge in [-0.25, -0.2) is 0 Å². The standard InChI is InChI=1S/C13H17N3/c14-16-15-13(11-7-3-1-4-8-11)12-9-5-2-6-10-12/h1,3-4,7-8,12-13H,2,5-6,9-10H2. The van der Waals surface area contributed by atoms with Gasteiger partial charge in [0.25, 0.3) is 0 Å². The van der Waals surface area contributed by atoms with E-state index in [1.807, 2.05) is 18.2 Å². The van der Waals surface area contributed by atoms with Crippen molar-refractivity contribution < 1.29 is 0 Å². The number of rotatable bonds is 3. The van der Waals surface area contributed by atoms with Crippen LogP contribution < -0.4 is 0 Å². The van der Waals surface area contributed by atoms with Crippen LogP contribution in [0.15, 0.2) is 35.4 Å². The van der Waals surface area contributed by atoms with Gasteiger partial charge in [0.05, 0.1) is 6.04 Å². The van der Waals surface area contributed by atoms with Crippen LogP contribution in [-0.4, -0.2) is 0 Å². The zero-order valence-electron chi connectivity index (χ0n) is 9.42. The van der Waals surface area contributed by atoms with Crippen molar-refractivity contribution in [2.24, 2.45) is 11.0 Å². The molecule has 84 valence electrons. The number of hydrogen-bond acceptors (Lipinski definition) is 1. The molecule has 0 bridgehead atoms. The van der Waals surface area contributed by atoms with Gasteiger partial charge in [0.15, 0.2) is 0 Å². The maximum absolute atomic E-state index is 8.69. The summed E-state index contributed by atoms with van der Waals surface area (Å²) in [5, 5.41) is 4.00. The van der Waals surface area contributed by atoms with E-state index in [0.717, 1.165) is 5.56 Å². The second-order valence-corrected chi connectivity index (χ2v) is 4.46. The molecule has 0 spiro atoms. The summed E-state index contributed by atoms with van der Waals surface area (Å²) in [7, 11) is 0. The van der Waals surface area contributed by atoms with Crippen molar-refractivity contribution in [1.29, 1.82) is 0 Å². The van der Waals surface area contributed by atoms with E-state index in [2.05, 4.69) is 22.2 Å². The van der Waals surface area contributed by atoms with E-state index in [9.17, 15) is 0 Å². The minimum atomic E-state index is 0.0338. The van der Waals surface area contributed by atoms with E-state index >= 15 is 0 Å². The Hall–Kier alpha value is -1.47. The Morgan fingerprint density at radius 2 is 1.81 bits per heavy atom. The minimum Gasteiger partial charge on any atom is -0.0856 e. The van der Waals surface area contributed by atoms with Gasteiger partial charge in [-0.3, -0.25) is 0 Å². The lowest BCUT2D eigenvalue weighted by molar-refractivity contribution is 0.308. The first kappa shape index (κ1) is 11.0. The predicted octanol–water partition coefficient (Wildman–Crippen LogP) is 4.62. The molecule has 0 N–H and O–H groups in total. The van der Waals surface area contributed by atoms with Crippen LogP contribution in [0.5, 0.6) is 0 Å². The van der Waals surface area contributed by atoms with Gasteiger partial charge in [0.2, 0.25) is 0 Å². The molecule has 0 radical (unpaired) electrons. The molecule has 0 heterocycles. The quantitative estimate of drug-likeness (QED) is 0.401. The normalized spacial score (nSPS) is 18.8. The van der Waals surface area contributed by atoms with Crippen molar-refractivity contribution in [3.8, 4) is 0 Å². The van der Waals surface area contributed by atoms with Crippen LogP contribution in [0.2, 0.25) is 0 Å². The zero-order chi connectivity index (χ0) is 11.2. The summed E-state index contributed by atoms with van der Waals surface area (Å²) in [5.74, 6) is 0.534. The summed E-state index contributed by atoms with van der Waals surface area (Å²) in [6, 6.07) is 10.2. The second-order valence-electron chi connectivity index (χ2n) is 4.46. The van der Waals surface area contributed by atoms with Gasteiger partial charge in [-0.2, -0.15) is 0 Å². The maximum atomic E-state index is 8.69. The second kappa shape index (κ2) is 5.57. The first-order valence-corrected chi connectivity index (χ1v) is 6.01. The Labute approximate surface area is 96.1 Å². The lowest BCUT2D eigenvalue weighted by atomic mass is 9.81. The SMILES string of the molecule is [N-]=[N+]=NC(c1ccccc1)C1CCCCC1. The van der Waals surface area contributed by atoms with Crippen LogP contribution in [0.25, 0.3) is 10.4 Å². The van der Waals surface area contributed by atoms with Crippen LogP contribution >= 0.6 is 0 Å². The molecule has 3 heteroatoms. The Kier molecular flexibility index (Phi) is 3.84. The predicted molar refractivity (Wildman–Crippen MR) is 64.9 cm³/mol. The van der Waals surface area contributed by atoms with Crippen LogP contribution in [0.4, 0.5) is 0 Å². The number of nitrogens with zero attached hydrogens (tertiary/aromatic N) is 3. The highest BCUT2D eigenvalue weighted by molar-refractivity contribution is 5.20. The van der Waals surface area contributed by atoms with Crippen LogP contribution in [-0.2, 0) is 0 Å². The molecule has 0 aromatic heterocycles. The molecular formula is C13H17N3. The van der Waals surface area contributed by atoms with Gasteiger partial charge >= 0.3 is 0 Å². The summed E-state index contributed by atoms with van der Waals surface area (Å²) < 4.78 is 0. The van der Waals surface area contributed by atoms with E-state index in [4.69, 9.17) is 5.53 Å². The van der Waals surface area contributed by atoms with E-state index in [1.54, 1.807) is 0 Å². The minimum absolute atomic E-state index is 0.0338. The van der Waals surface area contributed by atoms with Crippen LogP contribution in [0.1, 0.15) is 43.7 Å². The highest BCUT2D eigenvalue weighted by Gasteiger charge is 2.23. The van der Waals surface area contributed by atoms with E-state index in [0.29, 0.717) is 5.92 Å². The molecule has 0 amide bonds. The van der Waals surface area contributed by atoms with Crippen LogP contribution in [0.3, 0.4) is 0 Å². The topological polar surface area (TPSA) is 48.8 Å². The summed E-state index contributed by atoms with van der Waals surface area (Å²) in [4.78, 5) is 3.01. The van der Waals surface area contributed by atoms with Crippen LogP contribution in [0, 0.1) is 5.92 Å². The van der Waals surface area contributed by atoms with E-state index in [-0.39, 0.29) is 6.04 Å². The molecule has 3 nitrogen and oxygen atoms in total. The third kappa shape index (κ3) is 2.56. The molecule has 2 rings (SSSR count). The van der Waals surface area contributed by atoms with Gasteiger partial charge in [-0.1, -0.05) is 54.7 Å². The average molecular weight is 215 g/mol. The molecule has 1 fully saturated rings. The summed E-state index contributed by atoms with van der Waals surface area (Å²) >= 11 is 0. The summed E-state index contributed by atoms with van der Waals surface area (Å²) in [6.45, 7) is 0. The summed E-state index contributed by atoms with van der Waals surface area (Å²) in [6.07, 6.45) is 6.26. The van der Waals surface area contributed by atoms with Gasteiger partial charge in [0, 0.05) is 4.91 Å². The molecule has 1 saturated carbocycles. The molecule has 1 aromatic carbocycles. The Bertz CT molecular complexity index is 362.